The Bertz CT molecular complexity index is 3640. The van der Waals surface area contributed by atoms with Gasteiger partial charge < -0.3 is 112 Å². The topological polar surface area (TPSA) is 618 Å². The molecule has 23 N–H and O–H groups in total. The van der Waals surface area contributed by atoms with Crippen molar-refractivity contribution in [3.63, 3.8) is 0 Å². The van der Waals surface area contributed by atoms with Gasteiger partial charge in [-0.05, 0) is 186 Å². The van der Waals surface area contributed by atoms with Crippen molar-refractivity contribution in [2.24, 2.45) is 40.9 Å². The summed E-state index contributed by atoms with van der Waals surface area (Å²) in [6.07, 6.45) is -0.292. The number of carbonyl (C=O) groups is 19. The maximum absolute atomic E-state index is 14.5. The smallest absolute Gasteiger partial charge is 0.248 e. The third kappa shape index (κ3) is 34.9. The predicted octanol–water partition coefficient (Wildman–Crippen LogP) is -4.06. The molecule has 1 fully saturated rings. The summed E-state index contributed by atoms with van der Waals surface area (Å²) in [5.74, 6) is -16.6. The van der Waals surface area contributed by atoms with Crippen LogP contribution in [0.5, 0.6) is 0 Å². The number of carbonyl (C=O) groups excluding carboxylic acids is 19. The van der Waals surface area contributed by atoms with Gasteiger partial charge in [-0.2, -0.15) is 0 Å². The highest BCUT2D eigenvalue weighted by Crippen LogP contribution is 2.24. The van der Waals surface area contributed by atoms with Gasteiger partial charge in [0, 0.05) is 19.4 Å². The first-order chi connectivity index (χ1) is 53.2. The van der Waals surface area contributed by atoms with Gasteiger partial charge >= 0.3 is 0 Å². The van der Waals surface area contributed by atoms with Crippen molar-refractivity contribution < 1.29 is 96.2 Å². The van der Waals surface area contributed by atoms with Crippen molar-refractivity contribution in [3.8, 4) is 0 Å². The molecule has 0 aromatic carbocycles. The van der Waals surface area contributed by atoms with Crippen molar-refractivity contribution in [2.45, 2.75) is 324 Å². The van der Waals surface area contributed by atoms with Crippen LogP contribution < -0.4 is 102 Å². The number of hydrogen-bond donors (Lipinski definition) is 20. The van der Waals surface area contributed by atoms with E-state index in [0.717, 1.165) is 0 Å². The lowest BCUT2D eigenvalue weighted by molar-refractivity contribution is -0.145. The summed E-state index contributed by atoms with van der Waals surface area (Å²) >= 11 is 0. The molecule has 0 aliphatic carbocycles. The van der Waals surface area contributed by atoms with Crippen LogP contribution in [0.3, 0.4) is 0 Å². The minimum Gasteiger partial charge on any atom is -0.394 e. The zero-order valence-electron chi connectivity index (χ0n) is 73.0. The molecule has 1 rings (SSSR count). The SMILES string of the molecule is CC(C)CC(CO)NC(=O)C(CCC(N)=O)NC(=O)C(C)(C)NC(=O)C(C)(C)NC(=O)C(CC(C)C)NC(=O)C1CCCN1C(=O)C(C)(C)NC(=O)C(CC(C)C)NC(=O)CNC(=O)C(C)(C)NC(=O)C(NC(=O)C(C)(C)NC(=O)C(CCC(N)=O)NC(=O)C(C)(C)NC(=O)C(C)(C)NC(=O)C(C)NC(=O)CNC(=O)C(C)(C)N)C(C)C. The molecule has 0 saturated carbocycles. The van der Waals surface area contributed by atoms with Crippen LogP contribution in [-0.4, -0.2) is 241 Å². The van der Waals surface area contributed by atoms with Crippen LogP contribution >= 0.6 is 0 Å². The number of aliphatic hydroxyl groups is 1. The average molecular weight is 1660 g/mol. The normalized spacial score (nSPS) is 15.4. The van der Waals surface area contributed by atoms with E-state index in [-0.39, 0.29) is 56.4 Å². The molecule has 19 amide bonds. The molecule has 40 heteroatoms. The number of hydrogen-bond acceptors (Lipinski definition) is 21. The Hall–Kier alpha value is -10.2. The van der Waals surface area contributed by atoms with Crippen molar-refractivity contribution in [2.75, 3.05) is 26.2 Å². The molecule has 8 atom stereocenters. The summed E-state index contributed by atoms with van der Waals surface area (Å²) in [7, 11) is 0. The van der Waals surface area contributed by atoms with Crippen LogP contribution in [0.1, 0.15) is 231 Å². The predicted molar refractivity (Wildman–Crippen MR) is 431 cm³/mol. The van der Waals surface area contributed by atoms with Gasteiger partial charge in [0.1, 0.15) is 81.1 Å². The minimum absolute atomic E-state index is 0.0373. The van der Waals surface area contributed by atoms with Gasteiger partial charge in [0.25, 0.3) is 0 Å². The van der Waals surface area contributed by atoms with Gasteiger partial charge in [-0.15, -0.1) is 0 Å². The number of nitrogens with zero attached hydrogens (tertiary/aromatic N) is 1. The van der Waals surface area contributed by atoms with E-state index in [1.54, 1.807) is 41.5 Å². The lowest BCUT2D eigenvalue weighted by Crippen LogP contribution is -2.66. The summed E-state index contributed by atoms with van der Waals surface area (Å²) in [4.78, 5) is 258. The van der Waals surface area contributed by atoms with Crippen LogP contribution in [-0.2, 0) is 91.1 Å². The van der Waals surface area contributed by atoms with Gasteiger partial charge in [-0.25, -0.2) is 0 Å². The second-order valence-electron chi connectivity index (χ2n) is 36.0. The van der Waals surface area contributed by atoms with Crippen LogP contribution in [0.15, 0.2) is 0 Å². The van der Waals surface area contributed by atoms with E-state index >= 15 is 0 Å². The molecule has 1 saturated heterocycles. The molecule has 0 bridgehead atoms. The summed E-state index contributed by atoms with van der Waals surface area (Å²) in [6.45, 7) is 35.3. The van der Waals surface area contributed by atoms with E-state index < -0.39 is 243 Å². The second kappa shape index (κ2) is 43.9. The van der Waals surface area contributed by atoms with Gasteiger partial charge in [0.15, 0.2) is 0 Å². The highest BCUT2D eigenvalue weighted by molar-refractivity contribution is 6.03. The maximum atomic E-state index is 14.5. The zero-order valence-corrected chi connectivity index (χ0v) is 73.0. The molecule has 1 heterocycles. The number of rotatable bonds is 47. The molecule has 40 nitrogen and oxygen atoms in total. The molecule has 1 aliphatic rings. The van der Waals surface area contributed by atoms with E-state index in [2.05, 4.69) is 85.1 Å². The Labute approximate surface area is 686 Å². The Balaban J connectivity index is 3.20. The van der Waals surface area contributed by atoms with Gasteiger partial charge in [-0.3, -0.25) is 91.1 Å². The van der Waals surface area contributed by atoms with Crippen LogP contribution in [0.2, 0.25) is 0 Å². The molecule has 664 valence electrons. The standard InChI is InChI=1S/C77H136N20O20/c1-39(2)33-44(38-98)84-56(104)45(28-30-50(78)99)87-64(112)73(16,17)96-68(116)76(22,23)92-59(107)48(35-41(5)6)86-60(108)49-27-26-32-97(49)69(117)77(24,25)93-58(106)47(34-40(3)4)85-53(102)37-82-63(111)71(12,13)94-61(109)54(42(7)8)89-66(114)72(14,15)91-57(105)46(29-31-51(79)100)88-65(113)74(18,19)95-67(115)75(20,21)90-55(103)43(9)83-52(101)36-81-62(110)70(10,11)80/h39-49,54,98H,26-38,80H2,1-25H3,(H2,78,99)(H2,79,100)(H,81,110)(H,82,111)(H,83,101)(H,84,104)(H,85,102)(H,86,108)(H,87,112)(H,88,113)(H,89,114)(H,90,103)(H,91,105)(H,92,107)(H,93,106)(H,94,109)(H,95,115)(H,96,116). The van der Waals surface area contributed by atoms with E-state index in [1.807, 2.05) is 13.8 Å². The van der Waals surface area contributed by atoms with E-state index in [1.165, 1.54) is 123 Å². The van der Waals surface area contributed by atoms with Gasteiger partial charge in [0.05, 0.1) is 31.3 Å². The van der Waals surface area contributed by atoms with Crippen LogP contribution in [0, 0.1) is 23.7 Å². The van der Waals surface area contributed by atoms with Crippen molar-refractivity contribution >= 4 is 112 Å². The summed E-state index contributed by atoms with van der Waals surface area (Å²) in [5, 5.41) is 50.7. The first-order valence-corrected chi connectivity index (χ1v) is 39.4. The van der Waals surface area contributed by atoms with Crippen LogP contribution in [0.4, 0.5) is 0 Å². The van der Waals surface area contributed by atoms with Gasteiger partial charge in [0.2, 0.25) is 112 Å². The lowest BCUT2D eigenvalue weighted by Gasteiger charge is -2.35. The molecular weight excluding hydrogens is 1520 g/mol. The fourth-order valence-corrected chi connectivity index (χ4v) is 11.6. The Morgan fingerprint density at radius 1 is 0.385 bits per heavy atom. The first kappa shape index (κ1) is 105. The largest absolute Gasteiger partial charge is 0.394 e. The Morgan fingerprint density at radius 2 is 0.744 bits per heavy atom. The monoisotopic (exact) mass is 1660 g/mol. The van der Waals surface area contributed by atoms with E-state index in [0.29, 0.717) is 12.8 Å². The van der Waals surface area contributed by atoms with Crippen molar-refractivity contribution in [3.05, 3.63) is 0 Å². The molecule has 117 heavy (non-hydrogen) atoms. The van der Waals surface area contributed by atoms with Crippen molar-refractivity contribution in [1.82, 2.24) is 90.0 Å². The molecular formula is C77H136N20O20. The van der Waals surface area contributed by atoms with Gasteiger partial charge in [-0.1, -0.05) is 55.4 Å². The third-order valence-corrected chi connectivity index (χ3v) is 18.8. The molecule has 1 aliphatic heterocycles. The summed E-state index contributed by atoms with van der Waals surface area (Å²) in [6, 6.07) is -9.81. The number of aliphatic hydroxyl groups excluding tert-OH is 1. The molecule has 0 aromatic heterocycles. The summed E-state index contributed by atoms with van der Waals surface area (Å²) in [5.41, 5.74) is 2.78. The lowest BCUT2D eigenvalue weighted by atomic mass is 9.96. The Morgan fingerprint density at radius 3 is 1.16 bits per heavy atom. The molecule has 0 radical (unpaired) electrons. The maximum Gasteiger partial charge on any atom is 0.248 e. The number of nitrogens with one attached hydrogen (secondary N) is 16. The average Bonchev–Trinajstić information content (AvgIpc) is 1.78. The highest BCUT2D eigenvalue weighted by Gasteiger charge is 2.47. The van der Waals surface area contributed by atoms with Crippen LogP contribution in [0.25, 0.3) is 0 Å². The highest BCUT2D eigenvalue weighted by atomic mass is 16.3. The Kier molecular flexibility index (Phi) is 39.3. The third-order valence-electron chi connectivity index (χ3n) is 18.8. The number of nitrogens with two attached hydrogens (primary N) is 3. The zero-order chi connectivity index (χ0) is 91.0. The minimum atomic E-state index is -1.88. The number of primary amides is 2. The first-order valence-electron chi connectivity index (χ1n) is 39.4. The molecule has 8 unspecified atom stereocenters. The summed E-state index contributed by atoms with van der Waals surface area (Å²) < 4.78 is 0. The quantitative estimate of drug-likeness (QED) is 0.0276. The second-order valence-corrected chi connectivity index (χ2v) is 36.0. The van der Waals surface area contributed by atoms with E-state index in [4.69, 9.17) is 17.2 Å². The number of amides is 19. The molecule has 0 spiro atoms. The van der Waals surface area contributed by atoms with E-state index in [9.17, 15) is 96.2 Å². The van der Waals surface area contributed by atoms with Crippen molar-refractivity contribution in [1.29, 1.82) is 0 Å². The fourth-order valence-electron chi connectivity index (χ4n) is 11.6. The molecule has 0 aromatic rings. The fraction of sp³-hybridized carbons (Fsp3) is 0.753. The number of likely N-dealkylation sites (tertiary alicyclic amines) is 1.